The van der Waals surface area contributed by atoms with Crippen LogP contribution in [0.5, 0.6) is 5.75 Å². The van der Waals surface area contributed by atoms with E-state index < -0.39 is 10.0 Å². The predicted octanol–water partition coefficient (Wildman–Crippen LogP) is 0.746. The number of fused-ring (bicyclic) bond motifs is 1. The average Bonchev–Trinajstić information content (AvgIpc) is 2.25. The van der Waals surface area contributed by atoms with Crippen LogP contribution in [0.15, 0.2) is 29.2 Å². The SMILES string of the molecule is C[C@@H]1CNS(=O)(=O)c2ccccc2O1. The van der Waals surface area contributed by atoms with Gasteiger partial charge in [-0.3, -0.25) is 0 Å². The Bertz CT molecular complexity index is 441. The Morgan fingerprint density at radius 1 is 1.43 bits per heavy atom. The van der Waals surface area contributed by atoms with Crippen LogP contribution in [0, 0.1) is 0 Å². The molecule has 0 radical (unpaired) electrons. The molecule has 2 rings (SSSR count). The lowest BCUT2D eigenvalue weighted by molar-refractivity contribution is 0.224. The second-order valence-electron chi connectivity index (χ2n) is 3.23. The van der Waals surface area contributed by atoms with Gasteiger partial charge < -0.3 is 4.74 Å². The molecule has 0 saturated carbocycles. The van der Waals surface area contributed by atoms with Gasteiger partial charge >= 0.3 is 0 Å². The Hall–Kier alpha value is -1.07. The van der Waals surface area contributed by atoms with Crippen LogP contribution in [-0.4, -0.2) is 21.1 Å². The molecule has 14 heavy (non-hydrogen) atoms. The third-order valence-corrected chi connectivity index (χ3v) is 3.49. The molecule has 0 bridgehead atoms. The molecule has 1 N–H and O–H groups in total. The quantitative estimate of drug-likeness (QED) is 0.691. The van der Waals surface area contributed by atoms with E-state index in [2.05, 4.69) is 4.72 Å². The van der Waals surface area contributed by atoms with Crippen molar-refractivity contribution in [1.82, 2.24) is 4.72 Å². The minimum Gasteiger partial charge on any atom is -0.488 e. The highest BCUT2D eigenvalue weighted by atomic mass is 32.2. The van der Waals surface area contributed by atoms with Crippen molar-refractivity contribution in [1.29, 1.82) is 0 Å². The second-order valence-corrected chi connectivity index (χ2v) is 4.96. The summed E-state index contributed by atoms with van der Waals surface area (Å²) in [6.07, 6.45) is -0.145. The first kappa shape index (κ1) is 9.48. The van der Waals surface area contributed by atoms with Gasteiger partial charge in [0.2, 0.25) is 10.0 Å². The van der Waals surface area contributed by atoms with Crippen molar-refractivity contribution in [3.05, 3.63) is 24.3 Å². The lowest BCUT2D eigenvalue weighted by atomic mass is 10.3. The van der Waals surface area contributed by atoms with Crippen molar-refractivity contribution >= 4 is 10.0 Å². The fraction of sp³-hybridized carbons (Fsp3) is 0.333. The molecular formula is C9H11NO3S. The highest BCUT2D eigenvalue weighted by molar-refractivity contribution is 7.89. The molecule has 0 aliphatic carbocycles. The molecule has 4 nitrogen and oxygen atoms in total. The van der Waals surface area contributed by atoms with E-state index in [0.717, 1.165) is 0 Å². The Morgan fingerprint density at radius 3 is 2.93 bits per heavy atom. The smallest absolute Gasteiger partial charge is 0.244 e. The lowest BCUT2D eigenvalue weighted by Crippen LogP contribution is -2.29. The number of benzene rings is 1. The van der Waals surface area contributed by atoms with Gasteiger partial charge in [-0.05, 0) is 19.1 Å². The molecule has 1 heterocycles. The Labute approximate surface area is 82.9 Å². The van der Waals surface area contributed by atoms with Crippen LogP contribution in [0.1, 0.15) is 6.92 Å². The molecule has 0 aromatic heterocycles. The summed E-state index contributed by atoms with van der Waals surface area (Å²) in [7, 11) is -3.39. The largest absolute Gasteiger partial charge is 0.488 e. The van der Waals surface area contributed by atoms with E-state index in [9.17, 15) is 8.42 Å². The van der Waals surface area contributed by atoms with Gasteiger partial charge in [-0.1, -0.05) is 12.1 Å². The van der Waals surface area contributed by atoms with Crippen molar-refractivity contribution in [2.75, 3.05) is 6.54 Å². The number of hydrogen-bond donors (Lipinski definition) is 1. The zero-order valence-corrected chi connectivity index (χ0v) is 8.54. The second kappa shape index (κ2) is 3.25. The number of rotatable bonds is 0. The predicted molar refractivity (Wildman–Crippen MR) is 51.7 cm³/mol. The molecule has 0 saturated heterocycles. The molecule has 5 heteroatoms. The zero-order valence-electron chi connectivity index (χ0n) is 7.73. The van der Waals surface area contributed by atoms with Crippen molar-refractivity contribution in [3.8, 4) is 5.75 Å². The first-order valence-corrected chi connectivity index (χ1v) is 5.83. The van der Waals surface area contributed by atoms with Crippen molar-refractivity contribution in [2.24, 2.45) is 0 Å². The van der Waals surface area contributed by atoms with E-state index in [1.165, 1.54) is 6.07 Å². The summed E-state index contributed by atoms with van der Waals surface area (Å²) >= 11 is 0. The third kappa shape index (κ3) is 1.60. The third-order valence-electron chi connectivity index (χ3n) is 2.03. The minimum absolute atomic E-state index is 0.145. The summed E-state index contributed by atoms with van der Waals surface area (Å²) in [5, 5.41) is 0. The molecule has 0 unspecified atom stereocenters. The Balaban J connectivity index is 2.58. The van der Waals surface area contributed by atoms with Gasteiger partial charge in [0, 0.05) is 6.54 Å². The van der Waals surface area contributed by atoms with Gasteiger partial charge in [0.05, 0.1) is 0 Å². The highest BCUT2D eigenvalue weighted by Crippen LogP contribution is 2.25. The summed E-state index contributed by atoms with van der Waals surface area (Å²) < 4.78 is 31.2. The fourth-order valence-electron chi connectivity index (χ4n) is 1.33. The van der Waals surface area contributed by atoms with Gasteiger partial charge in [-0.15, -0.1) is 0 Å². The topological polar surface area (TPSA) is 55.4 Å². The summed E-state index contributed by atoms with van der Waals surface area (Å²) in [4.78, 5) is 0.212. The monoisotopic (exact) mass is 213 g/mol. The zero-order chi connectivity index (χ0) is 10.2. The first-order chi connectivity index (χ1) is 6.59. The van der Waals surface area contributed by atoms with E-state index in [1.807, 2.05) is 6.92 Å². The van der Waals surface area contributed by atoms with Crippen LogP contribution >= 0.6 is 0 Å². The van der Waals surface area contributed by atoms with Crippen LogP contribution in [0.2, 0.25) is 0 Å². The molecule has 0 amide bonds. The van der Waals surface area contributed by atoms with E-state index in [0.29, 0.717) is 12.3 Å². The van der Waals surface area contributed by atoms with E-state index in [-0.39, 0.29) is 11.0 Å². The maximum absolute atomic E-state index is 11.6. The summed E-state index contributed by atoms with van der Waals surface area (Å²) in [5.74, 6) is 0.421. The molecule has 1 aromatic carbocycles. The lowest BCUT2D eigenvalue weighted by Gasteiger charge is -2.09. The van der Waals surface area contributed by atoms with Crippen molar-refractivity contribution in [3.63, 3.8) is 0 Å². The van der Waals surface area contributed by atoms with Crippen molar-refractivity contribution < 1.29 is 13.2 Å². The standard InChI is InChI=1S/C9H11NO3S/c1-7-6-10-14(11,12)9-5-3-2-4-8(9)13-7/h2-5,7,10H,6H2,1H3/t7-/m1/s1. The first-order valence-electron chi connectivity index (χ1n) is 4.35. The fourth-order valence-corrected chi connectivity index (χ4v) is 2.58. The number of para-hydroxylation sites is 1. The molecule has 76 valence electrons. The van der Waals surface area contributed by atoms with Crippen LogP contribution < -0.4 is 9.46 Å². The van der Waals surface area contributed by atoms with Gasteiger partial charge in [-0.25, -0.2) is 13.1 Å². The summed E-state index contributed by atoms with van der Waals surface area (Å²) in [6, 6.07) is 6.63. The highest BCUT2D eigenvalue weighted by Gasteiger charge is 2.24. The van der Waals surface area contributed by atoms with Crippen molar-refractivity contribution in [2.45, 2.75) is 17.9 Å². The number of ether oxygens (including phenoxy) is 1. The van der Waals surface area contributed by atoms with E-state index in [1.54, 1.807) is 18.2 Å². The summed E-state index contributed by atoms with van der Waals surface area (Å²) in [6.45, 7) is 2.13. The maximum Gasteiger partial charge on any atom is 0.244 e. The number of sulfonamides is 1. The Morgan fingerprint density at radius 2 is 2.14 bits per heavy atom. The van der Waals surface area contributed by atoms with E-state index >= 15 is 0 Å². The van der Waals surface area contributed by atoms with E-state index in [4.69, 9.17) is 4.74 Å². The average molecular weight is 213 g/mol. The number of nitrogens with one attached hydrogen (secondary N) is 1. The molecule has 0 spiro atoms. The maximum atomic E-state index is 11.6. The van der Waals surface area contributed by atoms with Crippen LogP contribution in [-0.2, 0) is 10.0 Å². The normalized spacial score (nSPS) is 24.5. The molecular weight excluding hydrogens is 202 g/mol. The number of hydrogen-bond acceptors (Lipinski definition) is 3. The van der Waals surface area contributed by atoms with Gasteiger partial charge in [0.1, 0.15) is 16.7 Å². The molecule has 1 atom stereocenters. The van der Waals surface area contributed by atoms with Crippen LogP contribution in [0.3, 0.4) is 0 Å². The molecule has 1 aromatic rings. The Kier molecular flexibility index (Phi) is 2.20. The molecule has 1 aliphatic heterocycles. The molecule has 0 fully saturated rings. The van der Waals surface area contributed by atoms with Gasteiger partial charge in [-0.2, -0.15) is 0 Å². The summed E-state index contributed by atoms with van der Waals surface area (Å²) in [5.41, 5.74) is 0. The van der Waals surface area contributed by atoms with Gasteiger partial charge in [0.25, 0.3) is 0 Å². The van der Waals surface area contributed by atoms with Crippen LogP contribution in [0.4, 0.5) is 0 Å². The van der Waals surface area contributed by atoms with Gasteiger partial charge in [0.15, 0.2) is 0 Å². The minimum atomic E-state index is -3.39. The molecule has 1 aliphatic rings. The van der Waals surface area contributed by atoms with Crippen LogP contribution in [0.25, 0.3) is 0 Å².